The van der Waals surface area contributed by atoms with Gasteiger partial charge in [-0.3, -0.25) is 4.79 Å². The molecule has 0 saturated heterocycles. The van der Waals surface area contributed by atoms with Crippen LogP contribution in [-0.2, 0) is 4.79 Å². The number of nitrogens with two attached hydrogens (primary N) is 1. The van der Waals surface area contributed by atoms with E-state index < -0.39 is 5.91 Å². The molecule has 0 bridgehead atoms. The van der Waals surface area contributed by atoms with E-state index in [0.717, 1.165) is 0 Å². The van der Waals surface area contributed by atoms with Crippen LogP contribution in [0.4, 0.5) is 5.69 Å². The first-order valence-corrected chi connectivity index (χ1v) is 5.54. The second-order valence-corrected chi connectivity index (χ2v) is 3.59. The van der Waals surface area contributed by atoms with Gasteiger partial charge >= 0.3 is 0 Å². The maximum atomic E-state index is 10.9. The predicted molar refractivity (Wildman–Crippen MR) is 72.6 cm³/mol. The lowest BCUT2D eigenvalue weighted by Gasteiger charge is -2.14. The molecule has 0 unspecified atom stereocenters. The first-order valence-electron chi connectivity index (χ1n) is 5.54. The fourth-order valence-corrected chi connectivity index (χ4v) is 1.48. The number of nitriles is 1. The Morgan fingerprint density at radius 2 is 1.80 bits per heavy atom. The van der Waals surface area contributed by atoms with Crippen LogP contribution in [0.5, 0.6) is 17.2 Å². The van der Waals surface area contributed by atoms with Gasteiger partial charge in [-0.2, -0.15) is 5.26 Å². The number of rotatable bonds is 6. The van der Waals surface area contributed by atoms with Crippen molar-refractivity contribution >= 4 is 11.6 Å². The third-order valence-electron chi connectivity index (χ3n) is 2.43. The van der Waals surface area contributed by atoms with Crippen molar-refractivity contribution in [3.8, 4) is 23.3 Å². The molecule has 3 N–H and O–H groups in total. The van der Waals surface area contributed by atoms with Gasteiger partial charge in [0.15, 0.2) is 11.5 Å². The van der Waals surface area contributed by atoms with Gasteiger partial charge in [0.05, 0.1) is 21.3 Å². The van der Waals surface area contributed by atoms with Gasteiger partial charge in [-0.05, 0) is 0 Å². The van der Waals surface area contributed by atoms with Gasteiger partial charge in [0.25, 0.3) is 5.91 Å². The lowest BCUT2D eigenvalue weighted by molar-refractivity contribution is -0.114. The maximum absolute atomic E-state index is 10.9. The molecule has 0 aromatic heterocycles. The highest BCUT2D eigenvalue weighted by Gasteiger charge is 2.13. The molecule has 0 aliphatic rings. The zero-order valence-corrected chi connectivity index (χ0v) is 11.4. The topological polar surface area (TPSA) is 107 Å². The van der Waals surface area contributed by atoms with Crippen molar-refractivity contribution in [3.63, 3.8) is 0 Å². The van der Waals surface area contributed by atoms with Crippen LogP contribution in [0.3, 0.4) is 0 Å². The number of carbonyl (C=O) groups is 1. The Morgan fingerprint density at radius 1 is 1.25 bits per heavy atom. The highest BCUT2D eigenvalue weighted by Crippen LogP contribution is 2.39. The predicted octanol–water partition coefficient (Wildman–Crippen LogP) is 1.02. The number of carbonyl (C=O) groups excluding carboxylic acids is 1. The summed E-state index contributed by atoms with van der Waals surface area (Å²) in [5.41, 5.74) is 5.38. The lowest BCUT2D eigenvalue weighted by atomic mass is 10.2. The molecule has 7 nitrogen and oxygen atoms in total. The number of methoxy groups -OCH3 is 3. The van der Waals surface area contributed by atoms with Crippen molar-refractivity contribution in [3.05, 3.63) is 23.9 Å². The molecule has 1 rings (SSSR count). The number of nitrogens with one attached hydrogen (secondary N) is 1. The summed E-state index contributed by atoms with van der Waals surface area (Å²) in [5.74, 6) is 0.521. The molecule has 20 heavy (non-hydrogen) atoms. The summed E-state index contributed by atoms with van der Waals surface area (Å²) in [4.78, 5) is 10.9. The standard InChI is InChI=1S/C13H15N3O4/c1-18-10-4-9(5-11(19-2)12(10)20-3)16-7-8(6-14)13(15)17/h4-5,7,16H,1-3H3,(H2,15,17)/b8-7+. The lowest BCUT2D eigenvalue weighted by Crippen LogP contribution is -2.13. The number of nitrogens with zero attached hydrogens (tertiary/aromatic N) is 1. The minimum Gasteiger partial charge on any atom is -0.493 e. The van der Waals surface area contributed by atoms with Crippen LogP contribution < -0.4 is 25.3 Å². The molecule has 1 amide bonds. The van der Waals surface area contributed by atoms with E-state index >= 15 is 0 Å². The van der Waals surface area contributed by atoms with E-state index in [1.54, 1.807) is 18.2 Å². The number of hydrogen-bond donors (Lipinski definition) is 2. The Balaban J connectivity index is 3.15. The molecule has 0 radical (unpaired) electrons. The van der Waals surface area contributed by atoms with Crippen LogP contribution in [-0.4, -0.2) is 27.2 Å². The van der Waals surface area contributed by atoms with Crippen molar-refractivity contribution in [1.29, 1.82) is 5.26 Å². The minimum atomic E-state index is -0.813. The van der Waals surface area contributed by atoms with Crippen LogP contribution >= 0.6 is 0 Å². The third-order valence-corrected chi connectivity index (χ3v) is 2.43. The van der Waals surface area contributed by atoms with Gasteiger partial charge in [0.2, 0.25) is 5.75 Å². The molecule has 0 heterocycles. The van der Waals surface area contributed by atoms with E-state index in [2.05, 4.69) is 5.32 Å². The SMILES string of the molecule is COc1cc(N/C=C(\C#N)C(N)=O)cc(OC)c1OC. The monoisotopic (exact) mass is 277 g/mol. The molecule has 0 aliphatic heterocycles. The normalized spacial score (nSPS) is 10.4. The summed E-state index contributed by atoms with van der Waals surface area (Å²) in [5, 5.41) is 11.5. The van der Waals surface area contributed by atoms with Crippen LogP contribution in [0, 0.1) is 11.3 Å². The molecule has 7 heteroatoms. The molecule has 1 aromatic rings. The average molecular weight is 277 g/mol. The summed E-state index contributed by atoms with van der Waals surface area (Å²) < 4.78 is 15.5. The van der Waals surface area contributed by atoms with Gasteiger partial charge in [-0.15, -0.1) is 0 Å². The minimum absolute atomic E-state index is 0.196. The molecular formula is C13H15N3O4. The van der Waals surface area contributed by atoms with Crippen molar-refractivity contribution in [2.45, 2.75) is 0 Å². The summed E-state index contributed by atoms with van der Waals surface area (Å²) in [7, 11) is 4.47. The van der Waals surface area contributed by atoms with Crippen molar-refractivity contribution in [2.75, 3.05) is 26.6 Å². The molecule has 106 valence electrons. The van der Waals surface area contributed by atoms with E-state index in [9.17, 15) is 4.79 Å². The van der Waals surface area contributed by atoms with E-state index in [0.29, 0.717) is 22.9 Å². The van der Waals surface area contributed by atoms with E-state index in [4.69, 9.17) is 25.2 Å². The third kappa shape index (κ3) is 3.32. The largest absolute Gasteiger partial charge is 0.493 e. The molecule has 0 aliphatic carbocycles. The van der Waals surface area contributed by atoms with Gasteiger partial charge in [0, 0.05) is 24.0 Å². The van der Waals surface area contributed by atoms with Gasteiger partial charge in [-0.25, -0.2) is 0 Å². The van der Waals surface area contributed by atoms with Gasteiger partial charge in [0.1, 0.15) is 11.6 Å². The fourth-order valence-electron chi connectivity index (χ4n) is 1.48. The Hall–Kier alpha value is -2.88. The number of benzene rings is 1. The first kappa shape index (κ1) is 15.2. The van der Waals surface area contributed by atoms with Gasteiger partial charge in [-0.1, -0.05) is 0 Å². The fraction of sp³-hybridized carbons (Fsp3) is 0.231. The Kier molecular flexibility index (Phi) is 5.23. The second kappa shape index (κ2) is 6.89. The smallest absolute Gasteiger partial charge is 0.260 e. The summed E-state index contributed by atoms with van der Waals surface area (Å²) in [6, 6.07) is 4.95. The van der Waals surface area contributed by atoms with Crippen LogP contribution in [0.2, 0.25) is 0 Å². The zero-order valence-electron chi connectivity index (χ0n) is 11.4. The second-order valence-electron chi connectivity index (χ2n) is 3.59. The molecule has 0 atom stereocenters. The van der Waals surface area contributed by atoms with E-state index in [-0.39, 0.29) is 5.57 Å². The highest BCUT2D eigenvalue weighted by atomic mass is 16.5. The van der Waals surface area contributed by atoms with Crippen molar-refractivity contribution in [2.24, 2.45) is 5.73 Å². The molecule has 0 spiro atoms. The first-order chi connectivity index (χ1) is 9.57. The summed E-state index contributed by atoms with van der Waals surface area (Å²) >= 11 is 0. The van der Waals surface area contributed by atoms with Crippen molar-refractivity contribution in [1.82, 2.24) is 0 Å². The number of ether oxygens (including phenoxy) is 3. The maximum Gasteiger partial charge on any atom is 0.260 e. The number of anilines is 1. The zero-order chi connectivity index (χ0) is 15.1. The number of hydrogen-bond acceptors (Lipinski definition) is 6. The Labute approximate surface area is 116 Å². The average Bonchev–Trinajstić information content (AvgIpc) is 2.46. The molecule has 1 aromatic carbocycles. The molecule has 0 fully saturated rings. The van der Waals surface area contributed by atoms with Crippen LogP contribution in [0.15, 0.2) is 23.9 Å². The van der Waals surface area contributed by atoms with Crippen LogP contribution in [0.25, 0.3) is 0 Å². The highest BCUT2D eigenvalue weighted by molar-refractivity contribution is 5.96. The van der Waals surface area contributed by atoms with Crippen molar-refractivity contribution < 1.29 is 19.0 Å². The Bertz CT molecular complexity index is 550. The summed E-state index contributed by atoms with van der Waals surface area (Å²) in [6.07, 6.45) is 1.21. The Morgan fingerprint density at radius 3 is 2.15 bits per heavy atom. The number of primary amides is 1. The van der Waals surface area contributed by atoms with E-state index in [1.807, 2.05) is 0 Å². The van der Waals surface area contributed by atoms with Crippen LogP contribution in [0.1, 0.15) is 0 Å². The van der Waals surface area contributed by atoms with E-state index in [1.165, 1.54) is 27.5 Å². The molecule has 0 saturated carbocycles. The summed E-state index contributed by atoms with van der Waals surface area (Å²) in [6.45, 7) is 0. The quantitative estimate of drug-likeness (QED) is 0.594. The molecular weight excluding hydrogens is 262 g/mol. The number of amides is 1. The van der Waals surface area contributed by atoms with Gasteiger partial charge < -0.3 is 25.3 Å².